The number of aliphatic hydroxyl groups excluding tert-OH is 1. The van der Waals surface area contributed by atoms with Crippen LogP contribution in [-0.4, -0.2) is 88.8 Å². The van der Waals surface area contributed by atoms with Gasteiger partial charge in [-0.15, -0.1) is 13.2 Å². The molecule has 3 amide bonds. The third-order valence-corrected chi connectivity index (χ3v) is 8.85. The Morgan fingerprint density at radius 3 is 2.41 bits per heavy atom. The third-order valence-electron chi connectivity index (χ3n) is 8.85. The fourth-order valence-electron chi connectivity index (χ4n) is 7.08. The minimum Gasteiger partial charge on any atom is -0.494 e. The molecule has 3 aliphatic rings. The second-order valence-electron chi connectivity index (χ2n) is 11.7. The molecule has 2 unspecified atom stereocenters. The zero-order chi connectivity index (χ0) is 29.9. The molecule has 3 aliphatic heterocycles. The number of hydrogen-bond donors (Lipinski definition) is 1. The predicted octanol–water partition coefficient (Wildman–Crippen LogP) is 3.56. The van der Waals surface area contributed by atoms with Crippen LogP contribution in [0.4, 0.5) is 5.69 Å². The van der Waals surface area contributed by atoms with E-state index in [1.54, 1.807) is 26.9 Å². The number of hydrogen-bond acceptors (Lipinski definition) is 6. The first-order valence-electron chi connectivity index (χ1n) is 14.8. The zero-order valence-electron chi connectivity index (χ0n) is 24.9. The van der Waals surface area contributed by atoms with Crippen LogP contribution >= 0.6 is 0 Å². The van der Waals surface area contributed by atoms with Crippen LogP contribution in [0.15, 0.2) is 49.6 Å². The first-order valence-corrected chi connectivity index (χ1v) is 14.8. The van der Waals surface area contributed by atoms with Crippen molar-refractivity contribution >= 4 is 23.4 Å². The van der Waals surface area contributed by atoms with Crippen LogP contribution in [0.25, 0.3) is 0 Å². The summed E-state index contributed by atoms with van der Waals surface area (Å²) in [5, 5.41) is 9.41. The standard InChI is InChI=1S/C32H45N3O6/c1-7-18-33(22(4)5)30(39)27-32-17-16-31(6,41-32)25(26(32)29(38)35(27)20-10-11-21-36)28(37)34(19-8-2)23-12-14-24(15-13-23)40-9-3/h7-8,12-15,22,25-27,36H,1-2,9-11,16-21H2,3-6H3/t25-,26+,27?,31+,32?/m1/s1. The minimum atomic E-state index is -1.10. The van der Waals surface area contributed by atoms with Crippen molar-refractivity contribution in [3.05, 3.63) is 49.6 Å². The van der Waals surface area contributed by atoms with E-state index >= 15 is 0 Å². The van der Waals surface area contributed by atoms with Crippen LogP contribution in [0.3, 0.4) is 0 Å². The van der Waals surface area contributed by atoms with Crippen LogP contribution in [0.1, 0.15) is 53.4 Å². The summed E-state index contributed by atoms with van der Waals surface area (Å²) in [6.07, 6.45) is 5.49. The SMILES string of the molecule is C=CCN(C(=O)[C@H]1[C@H]2C(=O)N(CCCCO)C(C(=O)N(CC=C)C(C)C)C23CC[C@]1(C)O3)c1ccc(OCC)cc1. The van der Waals surface area contributed by atoms with Gasteiger partial charge in [0.15, 0.2) is 0 Å². The van der Waals surface area contributed by atoms with Crippen molar-refractivity contribution in [3.63, 3.8) is 0 Å². The number of unbranched alkanes of at least 4 members (excludes halogenated alkanes) is 1. The van der Waals surface area contributed by atoms with Gasteiger partial charge in [0.2, 0.25) is 17.7 Å². The van der Waals surface area contributed by atoms with E-state index in [1.165, 1.54) is 0 Å². The van der Waals surface area contributed by atoms with Crippen molar-refractivity contribution in [2.75, 3.05) is 37.7 Å². The molecular weight excluding hydrogens is 522 g/mol. The van der Waals surface area contributed by atoms with Crippen molar-refractivity contribution in [2.45, 2.75) is 76.7 Å². The normalized spacial score (nSPS) is 28.1. The summed E-state index contributed by atoms with van der Waals surface area (Å²) in [7, 11) is 0. The minimum absolute atomic E-state index is 0.00191. The molecule has 0 radical (unpaired) electrons. The molecule has 4 rings (SSSR count). The Morgan fingerprint density at radius 2 is 1.83 bits per heavy atom. The van der Waals surface area contributed by atoms with Gasteiger partial charge in [-0.1, -0.05) is 12.2 Å². The molecule has 0 saturated carbocycles. The highest BCUT2D eigenvalue weighted by molar-refractivity contribution is 6.03. The van der Waals surface area contributed by atoms with Gasteiger partial charge in [0.05, 0.1) is 24.0 Å². The van der Waals surface area contributed by atoms with Crippen molar-refractivity contribution < 1.29 is 29.0 Å². The molecule has 3 heterocycles. The van der Waals surface area contributed by atoms with Crippen molar-refractivity contribution in [1.29, 1.82) is 0 Å². The molecule has 41 heavy (non-hydrogen) atoms. The zero-order valence-corrected chi connectivity index (χ0v) is 24.9. The Bertz CT molecular complexity index is 1150. The van der Waals surface area contributed by atoms with Crippen molar-refractivity contribution in [1.82, 2.24) is 9.80 Å². The van der Waals surface area contributed by atoms with E-state index in [0.29, 0.717) is 56.8 Å². The highest BCUT2D eigenvalue weighted by Gasteiger charge is 2.78. The van der Waals surface area contributed by atoms with Crippen molar-refractivity contribution in [2.24, 2.45) is 11.8 Å². The molecular formula is C32H45N3O6. The van der Waals surface area contributed by atoms with E-state index in [9.17, 15) is 19.5 Å². The number of aliphatic hydroxyl groups is 1. The smallest absolute Gasteiger partial charge is 0.248 e. The summed E-state index contributed by atoms with van der Waals surface area (Å²) in [6, 6.07) is 6.34. The highest BCUT2D eigenvalue weighted by atomic mass is 16.5. The van der Waals surface area contributed by atoms with Gasteiger partial charge in [-0.2, -0.15) is 0 Å². The largest absolute Gasteiger partial charge is 0.494 e. The lowest BCUT2D eigenvalue weighted by Crippen LogP contribution is -2.57. The quantitative estimate of drug-likeness (QED) is 0.273. The molecule has 1 N–H and O–H groups in total. The Morgan fingerprint density at radius 1 is 1.15 bits per heavy atom. The summed E-state index contributed by atoms with van der Waals surface area (Å²) in [5.41, 5.74) is -1.32. The van der Waals surface area contributed by atoms with Crippen LogP contribution < -0.4 is 9.64 Å². The summed E-state index contributed by atoms with van der Waals surface area (Å²) in [4.78, 5) is 48.0. The molecule has 3 fully saturated rings. The fraction of sp³-hybridized carbons (Fsp3) is 0.594. The average Bonchev–Trinajstić information content (AvgIpc) is 3.51. The maximum absolute atomic E-state index is 14.5. The number of carbonyl (C=O) groups excluding carboxylic acids is 3. The Labute approximate surface area is 243 Å². The van der Waals surface area contributed by atoms with Gasteiger partial charge in [0, 0.05) is 38.0 Å². The molecule has 0 aliphatic carbocycles. The molecule has 5 atom stereocenters. The maximum Gasteiger partial charge on any atom is 0.248 e. The second kappa shape index (κ2) is 12.4. The fourth-order valence-corrected chi connectivity index (χ4v) is 7.08. The number of carbonyl (C=O) groups is 3. The van der Waals surface area contributed by atoms with Gasteiger partial charge in [-0.3, -0.25) is 14.4 Å². The Kier molecular flexibility index (Phi) is 9.29. The Balaban J connectivity index is 1.75. The molecule has 9 nitrogen and oxygen atoms in total. The van der Waals surface area contributed by atoms with E-state index in [1.807, 2.05) is 52.0 Å². The third kappa shape index (κ3) is 5.30. The molecule has 2 bridgehead atoms. The summed E-state index contributed by atoms with van der Waals surface area (Å²) in [6.45, 7) is 16.8. The molecule has 3 saturated heterocycles. The monoisotopic (exact) mass is 567 g/mol. The molecule has 9 heteroatoms. The van der Waals surface area contributed by atoms with Gasteiger partial charge in [-0.05, 0) is 77.6 Å². The molecule has 0 aromatic heterocycles. The van der Waals surface area contributed by atoms with Crippen LogP contribution in [0.5, 0.6) is 5.75 Å². The van der Waals surface area contributed by atoms with E-state index in [0.717, 1.165) is 0 Å². The van der Waals surface area contributed by atoms with Crippen LogP contribution in [-0.2, 0) is 19.1 Å². The molecule has 1 spiro atoms. The lowest BCUT2D eigenvalue weighted by molar-refractivity contribution is -0.152. The summed E-state index contributed by atoms with van der Waals surface area (Å²) >= 11 is 0. The number of likely N-dealkylation sites (tertiary alicyclic amines) is 1. The number of ether oxygens (including phenoxy) is 2. The van der Waals surface area contributed by atoms with Crippen LogP contribution in [0, 0.1) is 11.8 Å². The number of rotatable bonds is 14. The topological polar surface area (TPSA) is 99.6 Å². The van der Waals surface area contributed by atoms with Crippen LogP contribution in [0.2, 0.25) is 0 Å². The van der Waals surface area contributed by atoms with Gasteiger partial charge >= 0.3 is 0 Å². The lowest BCUT2D eigenvalue weighted by atomic mass is 9.66. The van der Waals surface area contributed by atoms with Gasteiger partial charge in [0.1, 0.15) is 17.4 Å². The number of amides is 3. The number of nitrogens with zero attached hydrogens (tertiary/aromatic N) is 3. The Hall–Kier alpha value is -3.17. The summed E-state index contributed by atoms with van der Waals surface area (Å²) < 4.78 is 12.4. The average molecular weight is 568 g/mol. The molecule has 1 aromatic rings. The van der Waals surface area contributed by atoms with E-state index in [4.69, 9.17) is 9.47 Å². The first-order chi connectivity index (χ1) is 19.6. The van der Waals surface area contributed by atoms with Gasteiger partial charge in [-0.25, -0.2) is 0 Å². The molecule has 1 aromatic carbocycles. The molecule has 224 valence electrons. The second-order valence-corrected chi connectivity index (χ2v) is 11.7. The number of benzene rings is 1. The van der Waals surface area contributed by atoms with Gasteiger partial charge in [0.25, 0.3) is 0 Å². The first kappa shape index (κ1) is 30.8. The highest BCUT2D eigenvalue weighted by Crippen LogP contribution is 2.63. The van der Waals surface area contributed by atoms with E-state index < -0.39 is 29.1 Å². The lowest BCUT2D eigenvalue weighted by Gasteiger charge is -2.38. The van der Waals surface area contributed by atoms with Crippen molar-refractivity contribution in [3.8, 4) is 5.75 Å². The summed E-state index contributed by atoms with van der Waals surface area (Å²) in [5.74, 6) is -1.48. The van der Waals surface area contributed by atoms with Gasteiger partial charge < -0.3 is 29.3 Å². The van der Waals surface area contributed by atoms with E-state index in [2.05, 4.69) is 13.2 Å². The number of anilines is 1. The maximum atomic E-state index is 14.5. The van der Waals surface area contributed by atoms with E-state index in [-0.39, 0.29) is 36.9 Å². The predicted molar refractivity (Wildman–Crippen MR) is 157 cm³/mol. The number of fused-ring (bicyclic) bond motifs is 1.